The number of nitrogens with zero attached hydrogens (tertiary/aromatic N) is 2. The monoisotopic (exact) mass is 164 g/mol. The molecule has 2 nitrogen and oxygen atoms in total. The van der Waals surface area contributed by atoms with Crippen LogP contribution in [-0.4, -0.2) is 9.55 Å². The number of thiol groups is 1. The molecule has 3 heteroatoms. The molecule has 0 radical (unpaired) electrons. The van der Waals surface area contributed by atoms with Crippen LogP contribution in [0.5, 0.6) is 0 Å². The van der Waals surface area contributed by atoms with Crippen LogP contribution in [0.4, 0.5) is 0 Å². The Labute approximate surface area is 70.3 Å². The van der Waals surface area contributed by atoms with E-state index < -0.39 is 0 Å². The summed E-state index contributed by atoms with van der Waals surface area (Å²) < 4.78 is 1.99. The van der Waals surface area contributed by atoms with Crippen LogP contribution >= 0.6 is 12.6 Å². The number of rotatable bonds is 0. The molecule has 0 unspecified atom stereocenters. The molecular formula is C8H8N2S. The zero-order valence-electron chi connectivity index (χ0n) is 6.15. The fourth-order valence-corrected chi connectivity index (χ4v) is 1.32. The van der Waals surface area contributed by atoms with Crippen molar-refractivity contribution in [3.63, 3.8) is 0 Å². The van der Waals surface area contributed by atoms with Crippen LogP contribution in [0.1, 0.15) is 0 Å². The van der Waals surface area contributed by atoms with Crippen molar-refractivity contribution >= 4 is 23.7 Å². The SMILES string of the molecule is Cn1cnc2cc(S)ccc21. The molecule has 0 spiro atoms. The molecular weight excluding hydrogens is 156 g/mol. The number of imidazole rings is 1. The molecule has 0 aliphatic carbocycles. The van der Waals surface area contributed by atoms with Gasteiger partial charge in [-0.25, -0.2) is 4.98 Å². The average molecular weight is 164 g/mol. The third-order valence-electron chi connectivity index (χ3n) is 1.71. The molecule has 0 aliphatic heterocycles. The van der Waals surface area contributed by atoms with E-state index in [0.29, 0.717) is 0 Å². The molecule has 0 saturated carbocycles. The molecule has 11 heavy (non-hydrogen) atoms. The number of aromatic nitrogens is 2. The number of hydrogen-bond acceptors (Lipinski definition) is 2. The van der Waals surface area contributed by atoms with Gasteiger partial charge in [0.1, 0.15) is 0 Å². The molecule has 1 aromatic heterocycles. The van der Waals surface area contributed by atoms with Crippen LogP contribution in [0.15, 0.2) is 29.4 Å². The van der Waals surface area contributed by atoms with E-state index >= 15 is 0 Å². The molecule has 1 aromatic carbocycles. The Hall–Kier alpha value is -0.960. The van der Waals surface area contributed by atoms with Crippen LogP contribution < -0.4 is 0 Å². The molecule has 1 heterocycles. The van der Waals surface area contributed by atoms with E-state index in [1.165, 1.54) is 0 Å². The lowest BCUT2D eigenvalue weighted by molar-refractivity contribution is 0.947. The van der Waals surface area contributed by atoms with Crippen molar-refractivity contribution in [2.75, 3.05) is 0 Å². The van der Waals surface area contributed by atoms with E-state index in [-0.39, 0.29) is 0 Å². The average Bonchev–Trinajstić information content (AvgIpc) is 2.32. The molecule has 0 atom stereocenters. The van der Waals surface area contributed by atoms with Crippen molar-refractivity contribution in [1.29, 1.82) is 0 Å². The lowest BCUT2D eigenvalue weighted by atomic mass is 10.3. The Bertz CT molecular complexity index is 392. The zero-order valence-corrected chi connectivity index (χ0v) is 7.05. The third-order valence-corrected chi connectivity index (χ3v) is 1.99. The molecule has 0 amide bonds. The standard InChI is InChI=1S/C8H8N2S/c1-10-5-9-7-4-6(11)2-3-8(7)10/h2-5,11H,1H3. The number of hydrogen-bond donors (Lipinski definition) is 1. The molecule has 0 N–H and O–H groups in total. The maximum atomic E-state index is 4.22. The fourth-order valence-electron chi connectivity index (χ4n) is 1.12. The predicted molar refractivity (Wildman–Crippen MR) is 48.0 cm³/mol. The summed E-state index contributed by atoms with van der Waals surface area (Å²) >= 11 is 4.22. The van der Waals surface area contributed by atoms with Crippen LogP contribution in [0, 0.1) is 0 Å². The van der Waals surface area contributed by atoms with Gasteiger partial charge in [-0.2, -0.15) is 0 Å². The van der Waals surface area contributed by atoms with Crippen molar-refractivity contribution in [3.05, 3.63) is 24.5 Å². The smallest absolute Gasteiger partial charge is 0.0955 e. The molecule has 0 bridgehead atoms. The van der Waals surface area contributed by atoms with Gasteiger partial charge >= 0.3 is 0 Å². The Morgan fingerprint density at radius 1 is 1.45 bits per heavy atom. The quantitative estimate of drug-likeness (QED) is 0.588. The highest BCUT2D eigenvalue weighted by Crippen LogP contribution is 2.15. The topological polar surface area (TPSA) is 17.8 Å². The summed E-state index contributed by atoms with van der Waals surface area (Å²) in [6, 6.07) is 5.94. The second-order valence-electron chi connectivity index (χ2n) is 2.53. The van der Waals surface area contributed by atoms with Crippen LogP contribution in [-0.2, 0) is 7.05 Å². The van der Waals surface area contributed by atoms with Gasteiger partial charge in [0.25, 0.3) is 0 Å². The maximum Gasteiger partial charge on any atom is 0.0955 e. The molecule has 2 rings (SSSR count). The number of benzene rings is 1. The van der Waals surface area contributed by atoms with E-state index in [2.05, 4.69) is 17.6 Å². The normalized spacial score (nSPS) is 10.7. The highest BCUT2D eigenvalue weighted by atomic mass is 32.1. The van der Waals surface area contributed by atoms with Crippen molar-refractivity contribution in [2.24, 2.45) is 7.05 Å². The summed E-state index contributed by atoms with van der Waals surface area (Å²) in [5, 5.41) is 0. The van der Waals surface area contributed by atoms with Gasteiger partial charge in [-0.15, -0.1) is 12.6 Å². The first-order valence-electron chi connectivity index (χ1n) is 3.37. The van der Waals surface area contributed by atoms with Crippen molar-refractivity contribution in [3.8, 4) is 0 Å². The first kappa shape index (κ1) is 6.73. The van der Waals surface area contributed by atoms with Gasteiger partial charge in [0.15, 0.2) is 0 Å². The Balaban J connectivity index is 2.86. The molecule has 0 fully saturated rings. The third kappa shape index (κ3) is 1.01. The van der Waals surface area contributed by atoms with Crippen LogP contribution in [0.25, 0.3) is 11.0 Å². The lowest BCUT2D eigenvalue weighted by Crippen LogP contribution is -1.82. The summed E-state index contributed by atoms with van der Waals surface area (Å²) in [6.07, 6.45) is 1.80. The van der Waals surface area contributed by atoms with Crippen LogP contribution in [0.2, 0.25) is 0 Å². The summed E-state index contributed by atoms with van der Waals surface area (Å²) in [4.78, 5) is 5.15. The van der Waals surface area contributed by atoms with E-state index in [1.807, 2.05) is 29.8 Å². The maximum absolute atomic E-state index is 4.22. The minimum Gasteiger partial charge on any atom is -0.334 e. The highest BCUT2D eigenvalue weighted by Gasteiger charge is 1.97. The number of fused-ring (bicyclic) bond motifs is 1. The minimum absolute atomic E-state index is 0.955. The fraction of sp³-hybridized carbons (Fsp3) is 0.125. The second kappa shape index (κ2) is 2.27. The van der Waals surface area contributed by atoms with E-state index in [9.17, 15) is 0 Å². The summed E-state index contributed by atoms with van der Waals surface area (Å²) in [7, 11) is 1.98. The van der Waals surface area contributed by atoms with Gasteiger partial charge < -0.3 is 4.57 Å². The van der Waals surface area contributed by atoms with E-state index in [1.54, 1.807) is 6.33 Å². The van der Waals surface area contributed by atoms with E-state index in [4.69, 9.17) is 0 Å². The Kier molecular flexibility index (Phi) is 1.39. The van der Waals surface area contributed by atoms with Gasteiger partial charge in [0.2, 0.25) is 0 Å². The second-order valence-corrected chi connectivity index (χ2v) is 3.04. The van der Waals surface area contributed by atoms with Gasteiger partial charge in [-0.1, -0.05) is 0 Å². The van der Waals surface area contributed by atoms with Crippen LogP contribution in [0.3, 0.4) is 0 Å². The summed E-state index contributed by atoms with van der Waals surface area (Å²) in [5.74, 6) is 0. The number of aryl methyl sites for hydroxylation is 1. The molecule has 2 aromatic rings. The van der Waals surface area contributed by atoms with Crippen molar-refractivity contribution in [1.82, 2.24) is 9.55 Å². The van der Waals surface area contributed by atoms with E-state index in [0.717, 1.165) is 15.9 Å². The lowest BCUT2D eigenvalue weighted by Gasteiger charge is -1.93. The Morgan fingerprint density at radius 3 is 3.09 bits per heavy atom. The van der Waals surface area contributed by atoms with Crippen molar-refractivity contribution in [2.45, 2.75) is 4.90 Å². The highest BCUT2D eigenvalue weighted by molar-refractivity contribution is 7.80. The first-order valence-corrected chi connectivity index (χ1v) is 3.82. The largest absolute Gasteiger partial charge is 0.334 e. The predicted octanol–water partition coefficient (Wildman–Crippen LogP) is 1.86. The zero-order chi connectivity index (χ0) is 7.84. The minimum atomic E-state index is 0.955. The van der Waals surface area contributed by atoms with Gasteiger partial charge in [-0.05, 0) is 18.2 Å². The molecule has 0 aliphatic rings. The molecule has 0 saturated heterocycles. The summed E-state index contributed by atoms with van der Waals surface area (Å²) in [5.41, 5.74) is 2.14. The van der Waals surface area contributed by atoms with Gasteiger partial charge in [0.05, 0.1) is 17.4 Å². The van der Waals surface area contributed by atoms with Gasteiger partial charge in [-0.3, -0.25) is 0 Å². The Morgan fingerprint density at radius 2 is 2.27 bits per heavy atom. The first-order chi connectivity index (χ1) is 5.27. The molecule has 56 valence electrons. The summed E-state index contributed by atoms with van der Waals surface area (Å²) in [6.45, 7) is 0. The van der Waals surface area contributed by atoms with Gasteiger partial charge in [0, 0.05) is 11.9 Å². The van der Waals surface area contributed by atoms with Crippen molar-refractivity contribution < 1.29 is 0 Å².